The van der Waals surface area contributed by atoms with E-state index in [0.29, 0.717) is 5.56 Å². The van der Waals surface area contributed by atoms with E-state index in [1.54, 1.807) is 12.1 Å². The van der Waals surface area contributed by atoms with E-state index in [0.717, 1.165) is 15.6 Å². The van der Waals surface area contributed by atoms with E-state index >= 15 is 0 Å². The largest absolute Gasteiger partial charge is 0.481 e. The molecule has 2 nitrogen and oxygen atoms in total. The topological polar surface area (TPSA) is 37.3 Å². The SMILES string of the molecule is Cc1cccc(C(Cc2cc(F)ccc2Br)C(=O)O)c1. The minimum atomic E-state index is -0.910. The highest BCUT2D eigenvalue weighted by Crippen LogP contribution is 2.27. The molecule has 2 rings (SSSR count). The van der Waals surface area contributed by atoms with Gasteiger partial charge in [-0.25, -0.2) is 4.39 Å². The van der Waals surface area contributed by atoms with Crippen LogP contribution in [0.25, 0.3) is 0 Å². The molecule has 20 heavy (non-hydrogen) atoms. The summed E-state index contributed by atoms with van der Waals surface area (Å²) in [7, 11) is 0. The van der Waals surface area contributed by atoms with Gasteiger partial charge in [0.15, 0.2) is 0 Å². The molecule has 0 aliphatic carbocycles. The number of carbonyl (C=O) groups is 1. The number of halogens is 2. The highest BCUT2D eigenvalue weighted by Gasteiger charge is 2.21. The first-order valence-corrected chi connectivity index (χ1v) is 7.00. The molecule has 0 amide bonds. The Kier molecular flexibility index (Phi) is 4.55. The van der Waals surface area contributed by atoms with Crippen molar-refractivity contribution < 1.29 is 14.3 Å². The maximum Gasteiger partial charge on any atom is 0.311 e. The summed E-state index contributed by atoms with van der Waals surface area (Å²) in [4.78, 5) is 11.5. The number of carboxylic acid groups (broad SMARTS) is 1. The molecule has 0 aromatic heterocycles. The van der Waals surface area contributed by atoms with Crippen molar-refractivity contribution in [2.75, 3.05) is 0 Å². The lowest BCUT2D eigenvalue weighted by Crippen LogP contribution is -2.15. The molecule has 0 radical (unpaired) electrons. The van der Waals surface area contributed by atoms with Gasteiger partial charge in [-0.1, -0.05) is 45.8 Å². The Balaban J connectivity index is 2.35. The van der Waals surface area contributed by atoms with Crippen LogP contribution in [0.15, 0.2) is 46.9 Å². The zero-order valence-corrected chi connectivity index (χ0v) is 12.5. The molecule has 2 aromatic rings. The third-order valence-electron chi connectivity index (χ3n) is 3.17. The Labute approximate surface area is 125 Å². The molecule has 1 N–H and O–H groups in total. The molecule has 0 aliphatic rings. The molecule has 1 atom stereocenters. The van der Waals surface area contributed by atoms with Gasteiger partial charge < -0.3 is 5.11 Å². The molecular weight excluding hydrogens is 323 g/mol. The van der Waals surface area contributed by atoms with Crippen LogP contribution in [0.3, 0.4) is 0 Å². The summed E-state index contributed by atoms with van der Waals surface area (Å²) >= 11 is 3.34. The molecule has 0 aliphatic heterocycles. The predicted molar refractivity (Wildman–Crippen MR) is 79.4 cm³/mol. The maximum atomic E-state index is 13.3. The Morgan fingerprint density at radius 1 is 1.30 bits per heavy atom. The lowest BCUT2D eigenvalue weighted by atomic mass is 9.91. The summed E-state index contributed by atoms with van der Waals surface area (Å²) in [5, 5.41) is 9.43. The lowest BCUT2D eigenvalue weighted by molar-refractivity contribution is -0.138. The van der Waals surface area contributed by atoms with Crippen molar-refractivity contribution >= 4 is 21.9 Å². The Hall–Kier alpha value is -1.68. The molecule has 0 saturated carbocycles. The van der Waals surface area contributed by atoms with Crippen molar-refractivity contribution in [3.8, 4) is 0 Å². The third kappa shape index (κ3) is 3.45. The molecule has 0 saturated heterocycles. The highest BCUT2D eigenvalue weighted by molar-refractivity contribution is 9.10. The predicted octanol–water partition coefficient (Wildman–Crippen LogP) is 4.31. The summed E-state index contributed by atoms with van der Waals surface area (Å²) in [5.74, 6) is -1.96. The second-order valence-corrected chi connectivity index (χ2v) is 5.60. The van der Waals surface area contributed by atoms with Crippen LogP contribution in [-0.2, 0) is 11.2 Å². The van der Waals surface area contributed by atoms with Gasteiger partial charge in [0.2, 0.25) is 0 Å². The molecule has 0 spiro atoms. The van der Waals surface area contributed by atoms with Gasteiger partial charge in [0.1, 0.15) is 5.82 Å². The van der Waals surface area contributed by atoms with Crippen LogP contribution in [0.4, 0.5) is 4.39 Å². The van der Waals surface area contributed by atoms with Gasteiger partial charge in [-0.2, -0.15) is 0 Å². The molecule has 0 fully saturated rings. The first-order chi connectivity index (χ1) is 9.47. The van der Waals surface area contributed by atoms with Crippen LogP contribution < -0.4 is 0 Å². The summed E-state index contributed by atoms with van der Waals surface area (Å²) in [6.07, 6.45) is 0.247. The van der Waals surface area contributed by atoms with Gasteiger partial charge >= 0.3 is 5.97 Å². The summed E-state index contributed by atoms with van der Waals surface area (Å²) in [5.41, 5.74) is 2.39. The minimum absolute atomic E-state index is 0.247. The fraction of sp³-hybridized carbons (Fsp3) is 0.188. The van der Waals surface area contributed by atoms with Gasteiger partial charge in [0.05, 0.1) is 5.92 Å². The van der Waals surface area contributed by atoms with Crippen LogP contribution >= 0.6 is 15.9 Å². The van der Waals surface area contributed by atoms with Gasteiger partial charge in [-0.3, -0.25) is 4.79 Å². The van der Waals surface area contributed by atoms with E-state index in [9.17, 15) is 14.3 Å². The van der Waals surface area contributed by atoms with Crippen molar-refractivity contribution in [2.24, 2.45) is 0 Å². The summed E-state index contributed by atoms with van der Waals surface area (Å²) in [6, 6.07) is 11.7. The van der Waals surface area contributed by atoms with E-state index in [1.807, 2.05) is 25.1 Å². The van der Waals surface area contributed by atoms with Gasteiger partial charge in [0, 0.05) is 4.47 Å². The summed E-state index contributed by atoms with van der Waals surface area (Å²) in [6.45, 7) is 1.92. The van der Waals surface area contributed by atoms with Crippen molar-refractivity contribution in [3.63, 3.8) is 0 Å². The number of benzene rings is 2. The zero-order chi connectivity index (χ0) is 14.7. The zero-order valence-electron chi connectivity index (χ0n) is 10.9. The normalized spacial score (nSPS) is 12.2. The molecule has 2 aromatic carbocycles. The smallest absolute Gasteiger partial charge is 0.311 e. The van der Waals surface area contributed by atoms with Crippen LogP contribution in [0, 0.1) is 12.7 Å². The van der Waals surface area contributed by atoms with E-state index in [4.69, 9.17) is 0 Å². The van der Waals surface area contributed by atoms with Crippen LogP contribution in [0.1, 0.15) is 22.6 Å². The van der Waals surface area contributed by atoms with Crippen LogP contribution in [-0.4, -0.2) is 11.1 Å². The van der Waals surface area contributed by atoms with E-state index in [1.165, 1.54) is 12.1 Å². The summed E-state index contributed by atoms with van der Waals surface area (Å²) < 4.78 is 14.0. The maximum absolute atomic E-state index is 13.3. The molecular formula is C16H14BrFO2. The Morgan fingerprint density at radius 2 is 2.05 bits per heavy atom. The standard InChI is InChI=1S/C16H14BrFO2/c1-10-3-2-4-11(7-10)14(16(19)20)9-12-8-13(18)5-6-15(12)17/h2-8,14H,9H2,1H3,(H,19,20). The van der Waals surface area contributed by atoms with Crippen LogP contribution in [0.2, 0.25) is 0 Å². The first-order valence-electron chi connectivity index (χ1n) is 6.20. The van der Waals surface area contributed by atoms with E-state index < -0.39 is 11.9 Å². The lowest BCUT2D eigenvalue weighted by Gasteiger charge is -2.14. The number of rotatable bonds is 4. The van der Waals surface area contributed by atoms with Crippen molar-refractivity contribution in [2.45, 2.75) is 19.3 Å². The number of carboxylic acids is 1. The van der Waals surface area contributed by atoms with Crippen molar-refractivity contribution in [3.05, 3.63) is 69.4 Å². The number of hydrogen-bond donors (Lipinski definition) is 1. The second kappa shape index (κ2) is 6.18. The average molecular weight is 337 g/mol. The quantitative estimate of drug-likeness (QED) is 0.903. The van der Waals surface area contributed by atoms with E-state index in [-0.39, 0.29) is 12.2 Å². The molecule has 0 bridgehead atoms. The third-order valence-corrected chi connectivity index (χ3v) is 3.95. The van der Waals surface area contributed by atoms with Crippen molar-refractivity contribution in [1.29, 1.82) is 0 Å². The van der Waals surface area contributed by atoms with Gasteiger partial charge in [-0.15, -0.1) is 0 Å². The molecule has 104 valence electrons. The monoisotopic (exact) mass is 336 g/mol. The minimum Gasteiger partial charge on any atom is -0.481 e. The molecule has 0 heterocycles. The van der Waals surface area contributed by atoms with Crippen molar-refractivity contribution in [1.82, 2.24) is 0 Å². The highest BCUT2D eigenvalue weighted by atomic mass is 79.9. The number of aryl methyl sites for hydroxylation is 1. The molecule has 4 heteroatoms. The number of hydrogen-bond acceptors (Lipinski definition) is 1. The first kappa shape index (κ1) is 14.7. The Morgan fingerprint density at radius 3 is 2.70 bits per heavy atom. The Bertz CT molecular complexity index is 640. The van der Waals surface area contributed by atoms with E-state index in [2.05, 4.69) is 15.9 Å². The van der Waals surface area contributed by atoms with Crippen LogP contribution in [0.5, 0.6) is 0 Å². The fourth-order valence-corrected chi connectivity index (χ4v) is 2.56. The number of aliphatic carboxylic acids is 1. The van der Waals surface area contributed by atoms with Gasteiger partial charge in [-0.05, 0) is 42.7 Å². The van der Waals surface area contributed by atoms with Gasteiger partial charge in [0.25, 0.3) is 0 Å². The second-order valence-electron chi connectivity index (χ2n) is 4.74. The molecule has 1 unspecified atom stereocenters. The average Bonchev–Trinajstić information content (AvgIpc) is 2.39. The fourth-order valence-electron chi connectivity index (χ4n) is 2.15.